The second kappa shape index (κ2) is 12.2. The van der Waals surface area contributed by atoms with Crippen LogP contribution in [-0.2, 0) is 16.1 Å². The Morgan fingerprint density at radius 3 is 2.57 bits per heavy atom. The van der Waals surface area contributed by atoms with E-state index in [1.807, 2.05) is 60.7 Å². The Labute approximate surface area is 271 Å². The number of carbonyl (C=O) groups is 1. The number of ether oxygens (including phenoxy) is 2. The van der Waals surface area contributed by atoms with Gasteiger partial charge >= 0.3 is 5.97 Å². The van der Waals surface area contributed by atoms with Gasteiger partial charge in [-0.1, -0.05) is 59.3 Å². The van der Waals surface area contributed by atoms with Gasteiger partial charge in [-0.05, 0) is 84.2 Å². The summed E-state index contributed by atoms with van der Waals surface area (Å²) in [5.41, 5.74) is 5.54. The Balaban J connectivity index is 1.54. The number of methoxy groups -OCH3 is 1. The molecule has 10 heteroatoms. The summed E-state index contributed by atoms with van der Waals surface area (Å²) in [5, 5.41) is 1.74. The van der Waals surface area contributed by atoms with Crippen LogP contribution in [0, 0.1) is 6.92 Å². The summed E-state index contributed by atoms with van der Waals surface area (Å²) in [5.74, 6) is 0.145. The fourth-order valence-electron chi connectivity index (χ4n) is 5.71. The number of allylic oxidation sites excluding steroid dienone is 1. The minimum absolute atomic E-state index is 0.207. The average Bonchev–Trinajstić information content (AvgIpc) is 3.46. The van der Waals surface area contributed by atoms with Gasteiger partial charge in [-0.2, -0.15) is 0 Å². The maximum absolute atomic E-state index is 14.3. The van der Waals surface area contributed by atoms with E-state index in [1.54, 1.807) is 25.5 Å². The first kappa shape index (κ1) is 30.1. The topological polar surface area (TPSA) is 74.8 Å². The van der Waals surface area contributed by atoms with Crippen LogP contribution in [0.2, 0.25) is 5.02 Å². The zero-order valence-electron chi connectivity index (χ0n) is 24.6. The average molecular weight is 691 g/mol. The highest BCUT2D eigenvalue weighted by Gasteiger charge is 2.33. The van der Waals surface area contributed by atoms with Crippen molar-refractivity contribution in [2.45, 2.75) is 33.4 Å². The molecule has 224 valence electrons. The number of hydrogen-bond acceptors (Lipinski definition) is 6. The number of carbonyl (C=O) groups excluding carboxylic acids is 1. The number of aromatic nitrogens is 2. The van der Waals surface area contributed by atoms with Crippen LogP contribution in [0.25, 0.3) is 17.0 Å². The highest BCUT2D eigenvalue weighted by atomic mass is 79.9. The number of benzene rings is 3. The van der Waals surface area contributed by atoms with Crippen molar-refractivity contribution in [1.82, 2.24) is 9.13 Å². The van der Waals surface area contributed by atoms with E-state index in [4.69, 9.17) is 26.1 Å². The molecule has 1 aliphatic rings. The van der Waals surface area contributed by atoms with E-state index in [0.717, 1.165) is 33.3 Å². The molecule has 0 N–H and O–H groups in total. The Hall–Kier alpha value is -3.92. The van der Waals surface area contributed by atoms with Gasteiger partial charge in [-0.3, -0.25) is 9.36 Å². The fraction of sp³-hybridized carbons (Fsp3) is 0.206. The normalized spacial score (nSPS) is 15.0. The molecule has 3 aromatic carbocycles. The van der Waals surface area contributed by atoms with E-state index >= 15 is 0 Å². The summed E-state index contributed by atoms with van der Waals surface area (Å²) in [6.07, 6.45) is 1.95. The van der Waals surface area contributed by atoms with E-state index in [0.29, 0.717) is 42.4 Å². The monoisotopic (exact) mass is 689 g/mol. The Morgan fingerprint density at radius 2 is 1.86 bits per heavy atom. The molecule has 0 spiro atoms. The van der Waals surface area contributed by atoms with Crippen LogP contribution in [0.1, 0.15) is 42.3 Å². The quantitative estimate of drug-likeness (QED) is 0.182. The smallest absolute Gasteiger partial charge is 0.338 e. The number of esters is 1. The molecule has 0 saturated heterocycles. The van der Waals surface area contributed by atoms with Crippen LogP contribution in [0.15, 0.2) is 92.3 Å². The molecular weight excluding hydrogens is 662 g/mol. The minimum Gasteiger partial charge on any atom is -0.496 e. The Kier molecular flexibility index (Phi) is 8.37. The van der Waals surface area contributed by atoms with Crippen molar-refractivity contribution in [3.63, 3.8) is 0 Å². The lowest BCUT2D eigenvalue weighted by atomic mass is 9.96. The van der Waals surface area contributed by atoms with Gasteiger partial charge in [0.25, 0.3) is 5.56 Å². The fourth-order valence-corrected chi connectivity index (χ4v) is 7.42. The van der Waals surface area contributed by atoms with Crippen molar-refractivity contribution in [2.24, 2.45) is 4.99 Å². The molecular formula is C34H29BrClN3O4S. The van der Waals surface area contributed by atoms with E-state index in [9.17, 15) is 9.59 Å². The first-order valence-electron chi connectivity index (χ1n) is 14.1. The summed E-state index contributed by atoms with van der Waals surface area (Å²) in [4.78, 5) is 32.8. The van der Waals surface area contributed by atoms with Gasteiger partial charge < -0.3 is 14.0 Å². The minimum atomic E-state index is -0.720. The molecule has 1 aliphatic heterocycles. The third-order valence-electron chi connectivity index (χ3n) is 7.82. The number of hydrogen-bond donors (Lipinski definition) is 0. The Morgan fingerprint density at radius 1 is 1.11 bits per heavy atom. The van der Waals surface area contributed by atoms with E-state index in [2.05, 4.69) is 39.6 Å². The van der Waals surface area contributed by atoms with Gasteiger partial charge in [-0.25, -0.2) is 9.79 Å². The van der Waals surface area contributed by atoms with Gasteiger partial charge in [0, 0.05) is 33.7 Å². The second-order valence-electron chi connectivity index (χ2n) is 10.4. The van der Waals surface area contributed by atoms with E-state index in [1.165, 1.54) is 11.3 Å². The van der Waals surface area contributed by atoms with Crippen molar-refractivity contribution >= 4 is 61.8 Å². The summed E-state index contributed by atoms with van der Waals surface area (Å²) in [6.45, 7) is 6.47. The summed E-state index contributed by atoms with van der Waals surface area (Å²) < 4.78 is 16.0. The lowest BCUT2D eigenvalue weighted by Gasteiger charge is -2.25. The lowest BCUT2D eigenvalue weighted by Crippen LogP contribution is -2.40. The highest BCUT2D eigenvalue weighted by molar-refractivity contribution is 9.10. The van der Waals surface area contributed by atoms with Gasteiger partial charge in [-0.15, -0.1) is 0 Å². The van der Waals surface area contributed by atoms with E-state index in [-0.39, 0.29) is 12.2 Å². The number of halogens is 2. The van der Waals surface area contributed by atoms with Crippen molar-refractivity contribution < 1.29 is 14.3 Å². The third-order valence-corrected chi connectivity index (χ3v) is 9.67. The highest BCUT2D eigenvalue weighted by Crippen LogP contribution is 2.35. The molecule has 1 atom stereocenters. The SMILES string of the molecule is CCOC(=O)C1=C(C)N=c2s/c(=C/c3c(C)n(Cc4ccc(Cl)cc4)c4ccccc34)c(=O)n2[C@H]1c1ccc(OC)c(Br)c1. The van der Waals surface area contributed by atoms with Gasteiger partial charge in [0.15, 0.2) is 4.80 Å². The van der Waals surface area contributed by atoms with Crippen LogP contribution in [0.3, 0.4) is 0 Å². The summed E-state index contributed by atoms with van der Waals surface area (Å²) in [6, 6.07) is 20.8. The number of thiazole rings is 1. The standard InChI is InChI=1S/C34H29BrClN3O4S/c1-5-43-33(41)30-19(2)37-34-39(31(30)22-12-15-28(42-4)26(35)16-22)32(40)29(44-34)17-25-20(3)38(27-9-7-6-8-24(25)27)18-21-10-13-23(36)14-11-21/h6-17,31H,5,18H2,1-4H3/b29-17+/t31-/m0/s1. The molecule has 3 heterocycles. The molecule has 44 heavy (non-hydrogen) atoms. The van der Waals surface area contributed by atoms with Crippen LogP contribution in [0.4, 0.5) is 0 Å². The van der Waals surface area contributed by atoms with Gasteiger partial charge in [0.1, 0.15) is 5.75 Å². The van der Waals surface area contributed by atoms with Crippen molar-refractivity contribution in [3.05, 3.63) is 130 Å². The molecule has 0 aliphatic carbocycles. The van der Waals surface area contributed by atoms with Crippen LogP contribution < -0.4 is 19.6 Å². The van der Waals surface area contributed by atoms with Crippen molar-refractivity contribution in [3.8, 4) is 5.75 Å². The van der Waals surface area contributed by atoms with Crippen LogP contribution in [-0.4, -0.2) is 28.8 Å². The van der Waals surface area contributed by atoms with Crippen molar-refractivity contribution in [2.75, 3.05) is 13.7 Å². The first-order valence-corrected chi connectivity index (χ1v) is 16.1. The maximum atomic E-state index is 14.3. The molecule has 0 saturated carbocycles. The largest absolute Gasteiger partial charge is 0.496 e. The molecule has 0 amide bonds. The molecule has 0 bridgehead atoms. The summed E-state index contributed by atoms with van der Waals surface area (Å²) in [7, 11) is 1.59. The Bertz CT molecular complexity index is 2140. The zero-order valence-corrected chi connectivity index (χ0v) is 27.7. The molecule has 7 nitrogen and oxygen atoms in total. The maximum Gasteiger partial charge on any atom is 0.338 e. The van der Waals surface area contributed by atoms with Crippen LogP contribution in [0.5, 0.6) is 5.75 Å². The van der Waals surface area contributed by atoms with E-state index < -0.39 is 12.0 Å². The predicted octanol–water partition coefficient (Wildman–Crippen LogP) is 6.53. The zero-order chi connectivity index (χ0) is 31.1. The molecule has 2 aromatic heterocycles. The first-order chi connectivity index (χ1) is 21.2. The third kappa shape index (κ3) is 5.33. The van der Waals surface area contributed by atoms with Gasteiger partial charge in [0.2, 0.25) is 0 Å². The molecule has 0 radical (unpaired) electrons. The molecule has 6 rings (SSSR count). The number of para-hydroxylation sites is 1. The number of rotatable bonds is 7. The van der Waals surface area contributed by atoms with Crippen LogP contribution >= 0.6 is 38.9 Å². The number of nitrogens with zero attached hydrogens (tertiary/aromatic N) is 3. The lowest BCUT2D eigenvalue weighted by molar-refractivity contribution is -0.139. The molecule has 0 fully saturated rings. The number of fused-ring (bicyclic) bond motifs is 2. The van der Waals surface area contributed by atoms with Crippen molar-refractivity contribution in [1.29, 1.82) is 0 Å². The molecule has 0 unspecified atom stereocenters. The van der Waals surface area contributed by atoms with Gasteiger partial charge in [0.05, 0.1) is 40.0 Å². The summed E-state index contributed by atoms with van der Waals surface area (Å²) >= 11 is 11.0. The molecule has 5 aromatic rings. The second-order valence-corrected chi connectivity index (χ2v) is 12.7. The predicted molar refractivity (Wildman–Crippen MR) is 178 cm³/mol.